The van der Waals surface area contributed by atoms with Gasteiger partial charge in [0, 0.05) is 22.9 Å². The van der Waals surface area contributed by atoms with Gasteiger partial charge in [-0.3, -0.25) is 5.10 Å². The van der Waals surface area contributed by atoms with Gasteiger partial charge in [-0.15, -0.1) is 0 Å². The number of nitrogens with zero attached hydrogens (tertiary/aromatic N) is 1. The van der Waals surface area contributed by atoms with E-state index in [-0.39, 0.29) is 4.90 Å². The van der Waals surface area contributed by atoms with Crippen LogP contribution in [0.3, 0.4) is 0 Å². The average Bonchev–Trinajstić information content (AvgIpc) is 2.62. The first-order valence-electron chi connectivity index (χ1n) is 4.68. The Hall–Kier alpha value is -1.53. The van der Waals surface area contributed by atoms with Gasteiger partial charge in [-0.25, -0.2) is 8.42 Å². The molecular weight excluding hydrogens is 262 g/mol. The normalized spacial score (nSPS) is 11.6. The van der Waals surface area contributed by atoms with Crippen LogP contribution >= 0.6 is 11.6 Å². The maximum atomic E-state index is 11.5. The second-order valence-corrected chi connectivity index (χ2v) is 6.11. The van der Waals surface area contributed by atoms with Gasteiger partial charge in [0.05, 0.1) is 10.6 Å². The molecule has 1 heterocycles. The van der Waals surface area contributed by atoms with E-state index in [1.54, 1.807) is 12.1 Å². The summed E-state index contributed by atoms with van der Waals surface area (Å²) in [5, 5.41) is 6.82. The van der Waals surface area contributed by atoms with E-state index in [4.69, 9.17) is 17.3 Å². The van der Waals surface area contributed by atoms with Crippen molar-refractivity contribution < 1.29 is 8.42 Å². The van der Waals surface area contributed by atoms with Gasteiger partial charge in [0.15, 0.2) is 9.84 Å². The van der Waals surface area contributed by atoms with E-state index >= 15 is 0 Å². The number of rotatable bonds is 2. The molecule has 17 heavy (non-hydrogen) atoms. The number of nitrogens with two attached hydrogens (primary N) is 1. The molecule has 0 aliphatic heterocycles. The first kappa shape index (κ1) is 11.9. The van der Waals surface area contributed by atoms with Crippen molar-refractivity contribution in [3.63, 3.8) is 0 Å². The third-order valence-electron chi connectivity index (χ3n) is 2.21. The Balaban J connectivity index is 2.60. The molecule has 0 saturated heterocycles. The van der Waals surface area contributed by atoms with Crippen LogP contribution in [0.1, 0.15) is 0 Å². The number of hydrogen-bond acceptors (Lipinski definition) is 4. The molecule has 0 aliphatic rings. The van der Waals surface area contributed by atoms with Crippen molar-refractivity contribution >= 4 is 27.3 Å². The quantitative estimate of drug-likeness (QED) is 0.870. The van der Waals surface area contributed by atoms with Gasteiger partial charge in [0.25, 0.3) is 0 Å². The molecular formula is C10H10ClN3O2S. The van der Waals surface area contributed by atoms with E-state index in [2.05, 4.69) is 10.2 Å². The average molecular weight is 272 g/mol. The Bertz CT molecular complexity index is 664. The molecule has 0 amide bonds. The summed E-state index contributed by atoms with van der Waals surface area (Å²) < 4.78 is 22.9. The monoisotopic (exact) mass is 271 g/mol. The van der Waals surface area contributed by atoms with Crippen molar-refractivity contribution in [3.05, 3.63) is 29.3 Å². The summed E-state index contributed by atoms with van der Waals surface area (Å²) in [5.41, 5.74) is 6.73. The van der Waals surface area contributed by atoms with Gasteiger partial charge in [-0.05, 0) is 18.2 Å². The van der Waals surface area contributed by atoms with Crippen LogP contribution in [0, 0.1) is 0 Å². The number of benzene rings is 1. The van der Waals surface area contributed by atoms with Crippen LogP contribution in [0.2, 0.25) is 5.02 Å². The van der Waals surface area contributed by atoms with Crippen molar-refractivity contribution in [2.75, 3.05) is 12.0 Å². The summed E-state index contributed by atoms with van der Waals surface area (Å²) >= 11 is 5.88. The molecule has 0 saturated carbocycles. The molecule has 3 N–H and O–H groups in total. The van der Waals surface area contributed by atoms with Crippen LogP contribution in [-0.4, -0.2) is 24.9 Å². The SMILES string of the molecule is CS(=O)(=O)c1cc(Cl)cc(-c2cc(N)n[nH]2)c1. The van der Waals surface area contributed by atoms with Gasteiger partial charge < -0.3 is 5.73 Å². The smallest absolute Gasteiger partial charge is 0.175 e. The minimum Gasteiger partial charge on any atom is -0.382 e. The summed E-state index contributed by atoms with van der Waals surface area (Å²) in [4.78, 5) is 0.160. The summed E-state index contributed by atoms with van der Waals surface area (Å²) in [6, 6.07) is 6.18. The first-order valence-corrected chi connectivity index (χ1v) is 6.95. The number of nitrogens with one attached hydrogen (secondary N) is 1. The lowest BCUT2D eigenvalue weighted by atomic mass is 10.1. The number of nitrogen functional groups attached to an aromatic ring is 1. The number of hydrogen-bond donors (Lipinski definition) is 2. The van der Waals surface area contributed by atoms with Gasteiger partial charge in [-0.2, -0.15) is 5.10 Å². The molecule has 0 spiro atoms. The van der Waals surface area contributed by atoms with Crippen LogP contribution in [0.15, 0.2) is 29.2 Å². The van der Waals surface area contributed by atoms with Gasteiger partial charge in [0.2, 0.25) is 0 Å². The highest BCUT2D eigenvalue weighted by Crippen LogP contribution is 2.26. The van der Waals surface area contributed by atoms with Gasteiger partial charge in [-0.1, -0.05) is 11.6 Å². The number of anilines is 1. The van der Waals surface area contributed by atoms with Crippen molar-refractivity contribution in [3.8, 4) is 11.3 Å². The zero-order chi connectivity index (χ0) is 12.6. The first-order chi connectivity index (χ1) is 7.86. The Morgan fingerprint density at radius 2 is 2.00 bits per heavy atom. The highest BCUT2D eigenvalue weighted by molar-refractivity contribution is 7.90. The molecule has 0 radical (unpaired) electrons. The van der Waals surface area contributed by atoms with Crippen molar-refractivity contribution in [2.24, 2.45) is 0 Å². The molecule has 7 heteroatoms. The molecule has 0 aliphatic carbocycles. The molecule has 2 aromatic rings. The van der Waals surface area contributed by atoms with Crippen LogP contribution in [0.4, 0.5) is 5.82 Å². The van der Waals surface area contributed by atoms with Crippen LogP contribution in [0.25, 0.3) is 11.3 Å². The fraction of sp³-hybridized carbons (Fsp3) is 0.100. The molecule has 2 rings (SSSR count). The summed E-state index contributed by atoms with van der Waals surface area (Å²) in [6.45, 7) is 0. The lowest BCUT2D eigenvalue weighted by molar-refractivity contribution is 0.602. The Morgan fingerprint density at radius 3 is 2.53 bits per heavy atom. The predicted octanol–water partition coefficient (Wildman–Crippen LogP) is 1.72. The lowest BCUT2D eigenvalue weighted by Gasteiger charge is -2.03. The van der Waals surface area contributed by atoms with Crippen molar-refractivity contribution in [1.82, 2.24) is 10.2 Å². The number of halogens is 1. The molecule has 0 fully saturated rings. The molecule has 1 aromatic heterocycles. The number of aromatic nitrogens is 2. The molecule has 0 unspecified atom stereocenters. The van der Waals surface area contributed by atoms with Crippen molar-refractivity contribution in [2.45, 2.75) is 4.90 Å². The summed E-state index contributed by atoms with van der Waals surface area (Å²) in [5.74, 6) is 0.334. The predicted molar refractivity (Wildman–Crippen MR) is 66.6 cm³/mol. The zero-order valence-electron chi connectivity index (χ0n) is 8.94. The minimum atomic E-state index is -3.30. The van der Waals surface area contributed by atoms with Crippen LogP contribution < -0.4 is 5.73 Å². The third kappa shape index (κ3) is 2.59. The van der Waals surface area contributed by atoms with Crippen LogP contribution in [-0.2, 0) is 9.84 Å². The molecule has 0 bridgehead atoms. The number of aromatic amines is 1. The largest absolute Gasteiger partial charge is 0.382 e. The minimum absolute atomic E-state index is 0.160. The number of H-pyrrole nitrogens is 1. The van der Waals surface area contributed by atoms with E-state index in [0.29, 0.717) is 22.1 Å². The Morgan fingerprint density at radius 1 is 1.29 bits per heavy atom. The maximum absolute atomic E-state index is 11.5. The molecule has 1 aromatic carbocycles. The van der Waals surface area contributed by atoms with E-state index in [1.807, 2.05) is 0 Å². The van der Waals surface area contributed by atoms with E-state index < -0.39 is 9.84 Å². The van der Waals surface area contributed by atoms with Gasteiger partial charge in [0.1, 0.15) is 5.82 Å². The summed E-state index contributed by atoms with van der Waals surface area (Å²) in [6.07, 6.45) is 1.13. The van der Waals surface area contributed by atoms with Gasteiger partial charge >= 0.3 is 0 Å². The second kappa shape index (κ2) is 4.05. The zero-order valence-corrected chi connectivity index (χ0v) is 10.5. The summed E-state index contributed by atoms with van der Waals surface area (Å²) in [7, 11) is -3.30. The van der Waals surface area contributed by atoms with Crippen LogP contribution in [0.5, 0.6) is 0 Å². The molecule has 0 atom stereocenters. The molecule has 5 nitrogen and oxygen atoms in total. The number of sulfone groups is 1. The van der Waals surface area contributed by atoms with E-state index in [1.165, 1.54) is 12.1 Å². The highest BCUT2D eigenvalue weighted by Gasteiger charge is 2.11. The van der Waals surface area contributed by atoms with Crippen molar-refractivity contribution in [1.29, 1.82) is 0 Å². The third-order valence-corrected chi connectivity index (χ3v) is 3.52. The fourth-order valence-corrected chi connectivity index (χ4v) is 2.40. The second-order valence-electron chi connectivity index (χ2n) is 3.65. The Labute approximate surface area is 104 Å². The van der Waals surface area contributed by atoms with E-state index in [0.717, 1.165) is 6.26 Å². The topological polar surface area (TPSA) is 88.8 Å². The standard InChI is InChI=1S/C10H10ClN3O2S/c1-17(15,16)8-3-6(2-7(11)4-8)9-5-10(12)14-13-9/h2-5H,1H3,(H3,12,13,14). The van der Waals surface area contributed by atoms with E-state index in [9.17, 15) is 8.42 Å². The molecule has 90 valence electrons. The maximum Gasteiger partial charge on any atom is 0.175 e. The highest BCUT2D eigenvalue weighted by atomic mass is 35.5. The fourth-order valence-electron chi connectivity index (χ4n) is 1.42. The Kier molecular flexibility index (Phi) is 2.84. The lowest BCUT2D eigenvalue weighted by Crippen LogP contribution is -1.97.